The first kappa shape index (κ1) is 36.7. The van der Waals surface area contributed by atoms with E-state index in [-0.39, 0.29) is 34.7 Å². The molecule has 1 amide bonds. The molecule has 1 aromatic heterocycles. The van der Waals surface area contributed by atoms with Crippen molar-refractivity contribution in [2.75, 3.05) is 40.3 Å². The zero-order valence-corrected chi connectivity index (χ0v) is 26.0. The number of hydrogen-bond acceptors (Lipinski definition) is 7. The molecule has 2 aromatic carbocycles. The van der Waals surface area contributed by atoms with Crippen LogP contribution in [0.4, 0.5) is 13.2 Å². The molecule has 12 heteroatoms. The van der Waals surface area contributed by atoms with Crippen molar-refractivity contribution in [1.29, 1.82) is 0 Å². The number of alkyl halides is 3. The molecule has 44 heavy (non-hydrogen) atoms. The van der Waals surface area contributed by atoms with E-state index in [0.29, 0.717) is 12.9 Å². The fraction of sp³-hybridized carbons (Fsp3) is 0.406. The fourth-order valence-electron chi connectivity index (χ4n) is 4.45. The van der Waals surface area contributed by atoms with Gasteiger partial charge < -0.3 is 25.4 Å². The maximum atomic E-state index is 12.5. The van der Waals surface area contributed by atoms with Crippen molar-refractivity contribution >= 4 is 23.8 Å². The van der Waals surface area contributed by atoms with E-state index in [9.17, 15) is 22.8 Å². The van der Waals surface area contributed by atoms with Crippen LogP contribution in [0, 0.1) is 12.8 Å². The third kappa shape index (κ3) is 13.4. The molecule has 0 spiro atoms. The van der Waals surface area contributed by atoms with Gasteiger partial charge in [0.25, 0.3) is 0 Å². The van der Waals surface area contributed by atoms with Crippen molar-refractivity contribution in [1.82, 2.24) is 15.2 Å². The SMILES string of the molecule is C1CN2CCC1CC2.CNCC(N)=O.COCc1cccc(C)c1.O=Cc1cccnc1Oc1ccc(C(F)(F)F)cc1Cl. The summed E-state index contributed by atoms with van der Waals surface area (Å²) in [4.78, 5) is 27.0. The highest BCUT2D eigenvalue weighted by molar-refractivity contribution is 6.32. The number of hydrogen-bond donors (Lipinski definition) is 2. The van der Waals surface area contributed by atoms with Gasteiger partial charge in [0.05, 0.1) is 29.3 Å². The van der Waals surface area contributed by atoms with Gasteiger partial charge in [-0.3, -0.25) is 9.59 Å². The van der Waals surface area contributed by atoms with Gasteiger partial charge in [-0.05, 0) is 94.7 Å². The average Bonchev–Trinajstić information content (AvgIpc) is 3.00. The number of aldehydes is 1. The van der Waals surface area contributed by atoms with Gasteiger partial charge in [-0.1, -0.05) is 41.4 Å². The molecule has 3 saturated heterocycles. The highest BCUT2D eigenvalue weighted by atomic mass is 35.5. The van der Waals surface area contributed by atoms with Crippen LogP contribution in [0.5, 0.6) is 11.6 Å². The minimum atomic E-state index is -4.48. The molecule has 0 saturated carbocycles. The zero-order valence-electron chi connectivity index (χ0n) is 25.2. The Kier molecular flexibility index (Phi) is 15.8. The fourth-order valence-corrected chi connectivity index (χ4v) is 4.67. The van der Waals surface area contributed by atoms with E-state index in [4.69, 9.17) is 26.8 Å². The second-order valence-corrected chi connectivity index (χ2v) is 10.7. The van der Waals surface area contributed by atoms with Crippen molar-refractivity contribution < 1.29 is 32.2 Å². The van der Waals surface area contributed by atoms with Crippen molar-refractivity contribution in [2.24, 2.45) is 11.7 Å². The lowest BCUT2D eigenvalue weighted by Gasteiger charge is -2.38. The van der Waals surface area contributed by atoms with Crippen LogP contribution in [-0.2, 0) is 22.3 Å². The van der Waals surface area contributed by atoms with Crippen LogP contribution >= 0.6 is 11.6 Å². The number of nitrogens with two attached hydrogens (primary N) is 1. The Morgan fingerprint density at radius 2 is 1.80 bits per heavy atom. The number of amides is 1. The summed E-state index contributed by atoms with van der Waals surface area (Å²) < 4.78 is 47.7. The summed E-state index contributed by atoms with van der Waals surface area (Å²) >= 11 is 5.74. The summed E-state index contributed by atoms with van der Waals surface area (Å²) in [6.45, 7) is 7.24. The molecule has 0 atom stereocenters. The number of carbonyl (C=O) groups is 2. The molecule has 3 aliphatic heterocycles. The highest BCUT2D eigenvalue weighted by Gasteiger charge is 2.31. The van der Waals surface area contributed by atoms with Crippen molar-refractivity contribution in [3.63, 3.8) is 0 Å². The van der Waals surface area contributed by atoms with Gasteiger partial charge in [-0.2, -0.15) is 13.2 Å². The number of rotatable bonds is 7. The van der Waals surface area contributed by atoms with Gasteiger partial charge >= 0.3 is 6.18 Å². The largest absolute Gasteiger partial charge is 0.437 e. The Labute approximate surface area is 261 Å². The number of benzene rings is 2. The standard InChI is InChI=1S/C13H7ClF3NO2.C9H12O.C7H13N.C3H8N2O/c14-10-6-9(13(15,16)17)3-4-11(10)20-12-8(7-19)2-1-5-18-12;1-8-4-3-5-9(6-8)7-10-2;1-4-8-5-2-7(1)3-6-8;1-5-2-3(4)6/h1-7H;3-6H,7H2,1-2H3;7H,1-6H2;5H,2H2,1H3,(H2,4,6). The Morgan fingerprint density at radius 1 is 1.11 bits per heavy atom. The number of likely N-dealkylation sites (N-methyl/N-ethyl adjacent to an activating group) is 1. The van der Waals surface area contributed by atoms with E-state index in [2.05, 4.69) is 40.3 Å². The first-order valence-electron chi connectivity index (χ1n) is 14.1. The number of halogens is 4. The number of pyridine rings is 1. The summed E-state index contributed by atoms with van der Waals surface area (Å²) in [5.74, 6) is 0.753. The van der Waals surface area contributed by atoms with Gasteiger partial charge in [-0.25, -0.2) is 4.98 Å². The lowest BCUT2D eigenvalue weighted by molar-refractivity contribution is -0.137. The Balaban J connectivity index is 0.000000233. The molecule has 2 bridgehead atoms. The zero-order chi connectivity index (χ0) is 32.5. The van der Waals surface area contributed by atoms with Gasteiger partial charge in [0.2, 0.25) is 11.8 Å². The second-order valence-electron chi connectivity index (χ2n) is 10.3. The maximum Gasteiger partial charge on any atom is 0.416 e. The average molecular weight is 637 g/mol. The molecule has 0 unspecified atom stereocenters. The van der Waals surface area contributed by atoms with Gasteiger partial charge in [0.15, 0.2) is 6.29 Å². The number of methoxy groups -OCH3 is 1. The lowest BCUT2D eigenvalue weighted by atomic mass is 9.89. The van der Waals surface area contributed by atoms with E-state index in [1.54, 1.807) is 14.2 Å². The van der Waals surface area contributed by atoms with E-state index in [0.717, 1.165) is 24.1 Å². The number of nitrogens with zero attached hydrogens (tertiary/aromatic N) is 2. The number of ether oxygens (including phenoxy) is 2. The predicted molar refractivity (Wildman–Crippen MR) is 165 cm³/mol. The maximum absolute atomic E-state index is 12.5. The number of piperidine rings is 3. The first-order valence-corrected chi connectivity index (χ1v) is 14.5. The number of fused-ring (bicyclic) bond motifs is 3. The molecule has 0 aliphatic carbocycles. The van der Waals surface area contributed by atoms with Crippen LogP contribution in [-0.4, -0.2) is 62.4 Å². The Hall–Kier alpha value is -3.51. The minimum absolute atomic E-state index is 0.0125. The molecule has 6 rings (SSSR count). The second kappa shape index (κ2) is 19.0. The van der Waals surface area contributed by atoms with Crippen molar-refractivity contribution in [2.45, 2.75) is 39.0 Å². The summed E-state index contributed by atoms with van der Waals surface area (Å²) in [5.41, 5.74) is 6.51. The van der Waals surface area contributed by atoms with Gasteiger partial charge in [0, 0.05) is 13.3 Å². The topological polar surface area (TPSA) is 107 Å². The van der Waals surface area contributed by atoms with E-state index in [1.165, 1.54) is 68.4 Å². The molecule has 3 aliphatic rings. The van der Waals surface area contributed by atoms with E-state index >= 15 is 0 Å². The highest BCUT2D eigenvalue weighted by Crippen LogP contribution is 2.36. The number of aromatic nitrogens is 1. The van der Waals surface area contributed by atoms with Crippen molar-refractivity contribution in [3.8, 4) is 11.6 Å². The Morgan fingerprint density at radius 3 is 2.23 bits per heavy atom. The van der Waals surface area contributed by atoms with Crippen molar-refractivity contribution in [3.05, 3.63) is 88.1 Å². The quantitative estimate of drug-likeness (QED) is 0.294. The molecular weight excluding hydrogens is 597 g/mol. The number of carbonyl (C=O) groups excluding carboxylic acids is 2. The first-order chi connectivity index (χ1) is 21.0. The van der Waals surface area contributed by atoms with Gasteiger partial charge in [-0.15, -0.1) is 0 Å². The number of nitrogens with one attached hydrogen (secondary N) is 1. The molecule has 3 fully saturated rings. The summed E-state index contributed by atoms with van der Waals surface area (Å²) in [6, 6.07) is 14.0. The molecule has 8 nitrogen and oxygen atoms in total. The van der Waals surface area contributed by atoms with E-state index in [1.807, 2.05) is 6.07 Å². The molecule has 4 heterocycles. The smallest absolute Gasteiger partial charge is 0.416 e. The van der Waals surface area contributed by atoms with Crippen LogP contribution in [0.1, 0.15) is 46.3 Å². The van der Waals surface area contributed by atoms with Gasteiger partial charge in [0.1, 0.15) is 5.75 Å². The Bertz CT molecular complexity index is 1300. The molecule has 240 valence electrons. The number of primary amides is 1. The molecule has 3 aromatic rings. The van der Waals surface area contributed by atoms with Crippen LogP contribution in [0.25, 0.3) is 0 Å². The summed E-state index contributed by atoms with van der Waals surface area (Å²) in [5, 5.41) is 2.37. The number of aryl methyl sites for hydroxylation is 1. The molecule has 0 radical (unpaired) electrons. The third-order valence-electron chi connectivity index (χ3n) is 6.70. The lowest BCUT2D eigenvalue weighted by Crippen LogP contribution is -2.41. The normalized spacial score (nSPS) is 16.6. The van der Waals surface area contributed by atoms with Crippen LogP contribution in [0.3, 0.4) is 0 Å². The predicted octanol–water partition coefficient (Wildman–Crippen LogP) is 6.29. The summed E-state index contributed by atoms with van der Waals surface area (Å²) in [6.07, 6.45) is 1.89. The monoisotopic (exact) mass is 636 g/mol. The van der Waals surface area contributed by atoms with Crippen LogP contribution in [0.15, 0.2) is 60.8 Å². The molecule has 3 N–H and O–H groups in total. The molecular formula is C32H40ClF3N4O4. The minimum Gasteiger partial charge on any atom is -0.437 e. The van der Waals surface area contributed by atoms with E-state index < -0.39 is 11.7 Å². The van der Waals surface area contributed by atoms with Crippen LogP contribution in [0.2, 0.25) is 5.02 Å². The third-order valence-corrected chi connectivity index (χ3v) is 6.99. The van der Waals surface area contributed by atoms with Crippen LogP contribution < -0.4 is 15.8 Å². The summed E-state index contributed by atoms with van der Waals surface area (Å²) in [7, 11) is 3.38.